The van der Waals surface area contributed by atoms with Gasteiger partial charge in [0, 0.05) is 0 Å². The van der Waals surface area contributed by atoms with Crippen LogP contribution in [0.5, 0.6) is 0 Å². The summed E-state index contributed by atoms with van der Waals surface area (Å²) < 4.78 is 13.3. The fourth-order valence-electron chi connectivity index (χ4n) is 0.709. The zero-order valence-electron chi connectivity index (χ0n) is 5.75. The van der Waals surface area contributed by atoms with Gasteiger partial charge in [-0.25, -0.2) is 0 Å². The molecule has 0 aliphatic rings. The van der Waals surface area contributed by atoms with Crippen LogP contribution in [0.25, 0.3) is 0 Å². The summed E-state index contributed by atoms with van der Waals surface area (Å²) in [6.45, 7) is 0. The van der Waals surface area contributed by atoms with Crippen LogP contribution in [0.2, 0.25) is 0 Å². The van der Waals surface area contributed by atoms with Gasteiger partial charge >= 0.3 is 68.8 Å². The van der Waals surface area contributed by atoms with Gasteiger partial charge in [-0.15, -0.1) is 0 Å². The molecule has 11 heavy (non-hydrogen) atoms. The molecule has 0 radical (unpaired) electrons. The van der Waals surface area contributed by atoms with Gasteiger partial charge in [-0.1, -0.05) is 0 Å². The van der Waals surface area contributed by atoms with Gasteiger partial charge in [0.1, 0.15) is 0 Å². The summed E-state index contributed by atoms with van der Waals surface area (Å²) in [6.07, 6.45) is 1.90. The number of halogens is 1. The van der Waals surface area contributed by atoms with Crippen LogP contribution >= 0.6 is 0 Å². The molecule has 4 heteroatoms. The Morgan fingerprint density at radius 3 is 3.00 bits per heavy atom. The molecule has 0 fully saturated rings. The van der Waals surface area contributed by atoms with E-state index in [0.29, 0.717) is 10.8 Å². The molecule has 2 nitrogen and oxygen atoms in total. The Morgan fingerprint density at radius 2 is 2.45 bits per heavy atom. The molecule has 54 valence electrons. The monoisotopic (exact) mass is 165 g/mol. The summed E-state index contributed by atoms with van der Waals surface area (Å²) in [5.74, 6) is -0.521. The molecule has 0 aromatic carbocycles. The second kappa shape index (κ2) is 3.52. The van der Waals surface area contributed by atoms with Gasteiger partial charge < -0.3 is 0 Å². The van der Waals surface area contributed by atoms with E-state index < -0.39 is 20.6 Å². The standard InChI is InChI=1S/C6H3FNO.CH2.Al/c7-6-3-8-2-1-5(6)4-9;;/h1-2,4H;1H2;. The van der Waals surface area contributed by atoms with E-state index in [1.165, 1.54) is 12.3 Å². The van der Waals surface area contributed by atoms with E-state index in [4.69, 9.17) is 0 Å². The van der Waals surface area contributed by atoms with Gasteiger partial charge in [0.25, 0.3) is 0 Å². The van der Waals surface area contributed by atoms with E-state index in [1.54, 1.807) is 0 Å². The number of carbonyl (C=O) groups is 1. The van der Waals surface area contributed by atoms with Crippen LogP contribution in [0.15, 0.2) is 12.3 Å². The van der Waals surface area contributed by atoms with E-state index in [2.05, 4.69) is 10.4 Å². The molecule has 1 rings (SSSR count). The third-order valence-electron chi connectivity index (χ3n) is 1.27. The molecule has 0 spiro atoms. The van der Waals surface area contributed by atoms with Crippen molar-refractivity contribution in [1.82, 2.24) is 4.98 Å². The zero-order valence-corrected chi connectivity index (χ0v) is 6.90. The third-order valence-corrected chi connectivity index (χ3v) is 2.06. The predicted octanol–water partition coefficient (Wildman–Crippen LogP) is -0.205. The molecule has 0 aliphatic carbocycles. The predicted molar refractivity (Wildman–Crippen MR) is 42.1 cm³/mol. The topological polar surface area (TPSA) is 30.0 Å². The molecule has 0 amide bonds. The van der Waals surface area contributed by atoms with Crippen molar-refractivity contribution in [3.63, 3.8) is 0 Å². The van der Waals surface area contributed by atoms with E-state index in [-0.39, 0.29) is 5.56 Å². The Labute approximate surface area is 69.3 Å². The van der Waals surface area contributed by atoms with E-state index in [9.17, 15) is 9.18 Å². The van der Waals surface area contributed by atoms with E-state index >= 15 is 0 Å². The fourth-order valence-corrected chi connectivity index (χ4v) is 1.25. The van der Waals surface area contributed by atoms with Gasteiger partial charge in [0.05, 0.1) is 0 Å². The minimum absolute atomic E-state index is 0.0613. The molecule has 0 saturated carbocycles. The number of hydrogen-bond donors (Lipinski definition) is 0. The fraction of sp³-hybridized carbons (Fsp3) is 0. The molecule has 0 atom stereocenters. The summed E-state index contributed by atoms with van der Waals surface area (Å²) in [5, 5.41) is 3.56. The number of rotatable bonds is 2. The molecule has 0 bridgehead atoms. The van der Waals surface area contributed by atoms with Crippen molar-refractivity contribution in [3.05, 3.63) is 23.6 Å². The molecule has 0 aliphatic heterocycles. The second-order valence-corrected chi connectivity index (χ2v) is 2.88. The molecular formula is C7H5AlFNO. The number of aromatic nitrogens is 1. The van der Waals surface area contributed by atoms with Crippen LogP contribution in [0.3, 0.4) is 0 Å². The summed E-state index contributed by atoms with van der Waals surface area (Å²) >= 11 is -0.415. The first-order chi connectivity index (χ1) is 5.29. The Morgan fingerprint density at radius 1 is 1.73 bits per heavy atom. The molecular weight excluding hydrogens is 160 g/mol. The molecule has 0 unspecified atom stereocenters. The molecule has 1 heterocycles. The number of carbonyl (C=O) groups excluding carboxylic acids is 1. The van der Waals surface area contributed by atoms with Crippen molar-refractivity contribution in [2.45, 2.75) is 0 Å². The normalized spacial score (nSPS) is 8.82. The molecule has 0 saturated heterocycles. The van der Waals surface area contributed by atoms with Crippen molar-refractivity contribution in [3.8, 4) is 0 Å². The van der Waals surface area contributed by atoms with Crippen LogP contribution in [0.4, 0.5) is 4.39 Å². The summed E-state index contributed by atoms with van der Waals surface area (Å²) in [4.78, 5) is 14.0. The van der Waals surface area contributed by atoms with Crippen molar-refractivity contribution >= 4 is 31.0 Å². The number of hydrogen-bond acceptors (Lipinski definition) is 2. The van der Waals surface area contributed by atoms with E-state index in [1.807, 2.05) is 0 Å². The van der Waals surface area contributed by atoms with Gasteiger partial charge in [-0.05, 0) is 0 Å². The summed E-state index contributed by atoms with van der Waals surface area (Å²) in [7, 11) is 0. The van der Waals surface area contributed by atoms with Gasteiger partial charge in [0.2, 0.25) is 0 Å². The van der Waals surface area contributed by atoms with Crippen LogP contribution in [-0.2, 0) is 0 Å². The maximum atomic E-state index is 13.0. The average Bonchev–Trinajstić information content (AvgIpc) is 2.05. The van der Waals surface area contributed by atoms with Crippen molar-refractivity contribution in [1.29, 1.82) is 0 Å². The third kappa shape index (κ3) is 1.59. The first-order valence-electron chi connectivity index (χ1n) is 3.01. The van der Waals surface area contributed by atoms with Crippen LogP contribution in [0, 0.1) is 5.82 Å². The number of pyridine rings is 1. The Balaban J connectivity index is 3.30. The van der Waals surface area contributed by atoms with Gasteiger partial charge in [-0.3, -0.25) is 0 Å². The van der Waals surface area contributed by atoms with Gasteiger partial charge in [-0.2, -0.15) is 0 Å². The minimum atomic E-state index is -0.521. The Hall–Kier alpha value is -0.848. The van der Waals surface area contributed by atoms with Crippen molar-refractivity contribution in [2.24, 2.45) is 0 Å². The Kier molecular flexibility index (Phi) is 2.64. The first kappa shape index (κ1) is 8.25. The first-order valence-corrected chi connectivity index (χ1v) is 4.41. The number of nitrogens with zero attached hydrogens (tertiary/aromatic N) is 1. The van der Waals surface area contributed by atoms with E-state index in [0.717, 1.165) is 0 Å². The molecule has 1 aromatic rings. The van der Waals surface area contributed by atoms with Crippen molar-refractivity contribution < 1.29 is 9.18 Å². The quantitative estimate of drug-likeness (QED) is 0.448. The maximum absolute atomic E-state index is 13.0. The van der Waals surface area contributed by atoms with Crippen LogP contribution < -0.4 is 4.56 Å². The van der Waals surface area contributed by atoms with Crippen LogP contribution in [0.1, 0.15) is 10.4 Å². The summed E-state index contributed by atoms with van der Waals surface area (Å²) in [6, 6.07) is 1.35. The molecule has 1 aromatic heterocycles. The SMILES string of the molecule is [CH2]=[Al][c]1nccc(C=O)c1F. The van der Waals surface area contributed by atoms with Crippen LogP contribution in [-0.4, -0.2) is 31.4 Å². The summed E-state index contributed by atoms with van der Waals surface area (Å²) in [5.41, 5.74) is 0.0613. The zero-order chi connectivity index (χ0) is 8.27. The number of aldehydes is 1. The average molecular weight is 165 g/mol. The molecule has 0 N–H and O–H groups in total. The van der Waals surface area contributed by atoms with Gasteiger partial charge in [0.15, 0.2) is 0 Å². The second-order valence-electron chi connectivity index (χ2n) is 1.92. The Bertz CT molecular complexity index is 274. The van der Waals surface area contributed by atoms with Crippen molar-refractivity contribution in [2.75, 3.05) is 0 Å².